The van der Waals surface area contributed by atoms with E-state index in [-0.39, 0.29) is 11.8 Å². The van der Waals surface area contributed by atoms with Crippen LogP contribution in [0.2, 0.25) is 0 Å². The van der Waals surface area contributed by atoms with E-state index in [0.717, 1.165) is 12.1 Å². The molecule has 0 spiro atoms. The van der Waals surface area contributed by atoms with Crippen LogP contribution >= 0.6 is 0 Å². The molecule has 4 rings (SSSR count). The van der Waals surface area contributed by atoms with Crippen molar-refractivity contribution in [3.8, 4) is 28.7 Å². The van der Waals surface area contributed by atoms with Gasteiger partial charge < -0.3 is 4.42 Å². The van der Waals surface area contributed by atoms with Gasteiger partial charge in [0.2, 0.25) is 5.89 Å². The number of alkyl halides is 3. The smallest absolute Gasteiger partial charge is 0.416 e. The maximum atomic E-state index is 12.7. The average molecular weight is 358 g/mol. The fourth-order valence-electron chi connectivity index (χ4n) is 2.31. The van der Waals surface area contributed by atoms with Crippen molar-refractivity contribution in [3.63, 3.8) is 0 Å². The topological polar surface area (TPSA) is 82.5 Å². The second-order valence-electron chi connectivity index (χ2n) is 5.20. The van der Waals surface area contributed by atoms with Crippen molar-refractivity contribution in [1.82, 2.24) is 29.9 Å². The van der Waals surface area contributed by atoms with Gasteiger partial charge in [0, 0.05) is 11.8 Å². The molecule has 3 aromatic heterocycles. The Bertz CT molecular complexity index is 1020. The standard InChI is InChI=1S/C16H9F3N6O/c17-16(18,19)11-5-3-10(4-6-11)14-23-24-15(26-14)12-2-1-7-21-13(12)25-9-20-8-22-25/h1-9H. The van der Waals surface area contributed by atoms with Gasteiger partial charge in [-0.05, 0) is 36.4 Å². The van der Waals surface area contributed by atoms with Crippen LogP contribution in [-0.2, 0) is 6.18 Å². The third kappa shape index (κ3) is 2.92. The summed E-state index contributed by atoms with van der Waals surface area (Å²) in [5.41, 5.74) is 0.147. The minimum absolute atomic E-state index is 0.0992. The van der Waals surface area contributed by atoms with Crippen molar-refractivity contribution < 1.29 is 17.6 Å². The highest BCUT2D eigenvalue weighted by atomic mass is 19.4. The van der Waals surface area contributed by atoms with E-state index < -0.39 is 11.7 Å². The van der Waals surface area contributed by atoms with E-state index in [2.05, 4.69) is 25.3 Å². The molecule has 0 aliphatic carbocycles. The predicted octanol–water partition coefficient (Wildman–Crippen LogP) is 3.40. The first-order valence-corrected chi connectivity index (χ1v) is 7.34. The fraction of sp³-hybridized carbons (Fsp3) is 0.0625. The van der Waals surface area contributed by atoms with Gasteiger partial charge in [0.1, 0.15) is 12.7 Å². The van der Waals surface area contributed by atoms with Gasteiger partial charge >= 0.3 is 6.18 Å². The summed E-state index contributed by atoms with van der Waals surface area (Å²) in [4.78, 5) is 8.09. The van der Waals surface area contributed by atoms with E-state index in [1.54, 1.807) is 18.3 Å². The van der Waals surface area contributed by atoms with E-state index in [0.29, 0.717) is 16.9 Å². The molecule has 26 heavy (non-hydrogen) atoms. The zero-order chi connectivity index (χ0) is 18.1. The van der Waals surface area contributed by atoms with Gasteiger partial charge in [0.25, 0.3) is 5.89 Å². The summed E-state index contributed by atoms with van der Waals surface area (Å²) in [6.07, 6.45) is 0.00742. The highest BCUT2D eigenvalue weighted by molar-refractivity contribution is 5.64. The molecule has 0 radical (unpaired) electrons. The average Bonchev–Trinajstić information content (AvgIpc) is 3.33. The molecular formula is C16H9F3N6O. The van der Waals surface area contributed by atoms with E-state index in [1.807, 2.05) is 0 Å². The molecule has 0 saturated carbocycles. The van der Waals surface area contributed by atoms with Crippen molar-refractivity contribution >= 4 is 0 Å². The Morgan fingerprint density at radius 2 is 1.73 bits per heavy atom. The van der Waals surface area contributed by atoms with Gasteiger partial charge in [-0.15, -0.1) is 10.2 Å². The minimum Gasteiger partial charge on any atom is -0.416 e. The maximum absolute atomic E-state index is 12.7. The van der Waals surface area contributed by atoms with Gasteiger partial charge in [-0.25, -0.2) is 14.6 Å². The first kappa shape index (κ1) is 15.9. The van der Waals surface area contributed by atoms with Crippen LogP contribution in [0.5, 0.6) is 0 Å². The van der Waals surface area contributed by atoms with Gasteiger partial charge in [-0.1, -0.05) is 0 Å². The number of hydrogen-bond acceptors (Lipinski definition) is 6. The van der Waals surface area contributed by atoms with Crippen LogP contribution < -0.4 is 0 Å². The monoisotopic (exact) mass is 358 g/mol. The molecule has 0 aliphatic heterocycles. The van der Waals surface area contributed by atoms with Gasteiger partial charge in [0.05, 0.1) is 11.1 Å². The molecule has 0 aliphatic rings. The Morgan fingerprint density at radius 3 is 2.42 bits per heavy atom. The molecule has 3 heterocycles. The Kier molecular flexibility index (Phi) is 3.72. The van der Waals surface area contributed by atoms with Crippen LogP contribution in [0.25, 0.3) is 28.7 Å². The normalized spacial score (nSPS) is 11.7. The molecule has 0 saturated heterocycles. The van der Waals surface area contributed by atoms with Gasteiger partial charge in [0.15, 0.2) is 5.82 Å². The summed E-state index contributed by atoms with van der Waals surface area (Å²) < 4.78 is 45.0. The Balaban J connectivity index is 1.70. The van der Waals surface area contributed by atoms with Crippen LogP contribution in [0, 0.1) is 0 Å². The zero-order valence-electron chi connectivity index (χ0n) is 12.9. The van der Waals surface area contributed by atoms with E-state index in [1.165, 1.54) is 29.5 Å². The lowest BCUT2D eigenvalue weighted by molar-refractivity contribution is -0.137. The van der Waals surface area contributed by atoms with Crippen LogP contribution in [0.3, 0.4) is 0 Å². The maximum Gasteiger partial charge on any atom is 0.416 e. The molecule has 130 valence electrons. The van der Waals surface area contributed by atoms with Crippen LogP contribution in [0.4, 0.5) is 13.2 Å². The molecular weight excluding hydrogens is 349 g/mol. The fourth-order valence-corrected chi connectivity index (χ4v) is 2.31. The minimum atomic E-state index is -4.40. The highest BCUT2D eigenvalue weighted by Gasteiger charge is 2.30. The highest BCUT2D eigenvalue weighted by Crippen LogP contribution is 2.31. The molecule has 7 nitrogen and oxygen atoms in total. The molecule has 0 N–H and O–H groups in total. The number of hydrogen-bond donors (Lipinski definition) is 0. The lowest BCUT2D eigenvalue weighted by Gasteiger charge is -2.06. The Hall–Kier alpha value is -3.56. The summed E-state index contributed by atoms with van der Waals surface area (Å²) >= 11 is 0. The molecule has 1 aromatic carbocycles. The largest absolute Gasteiger partial charge is 0.416 e. The zero-order valence-corrected chi connectivity index (χ0v) is 12.9. The summed E-state index contributed by atoms with van der Waals surface area (Å²) in [5, 5.41) is 11.9. The number of rotatable bonds is 3. The van der Waals surface area contributed by atoms with Gasteiger partial charge in [-0.2, -0.15) is 18.3 Å². The van der Waals surface area contributed by atoms with Crippen molar-refractivity contribution in [1.29, 1.82) is 0 Å². The first-order chi connectivity index (χ1) is 12.5. The van der Waals surface area contributed by atoms with Gasteiger partial charge in [-0.3, -0.25) is 0 Å². The quantitative estimate of drug-likeness (QED) is 0.558. The summed E-state index contributed by atoms with van der Waals surface area (Å²) in [6.45, 7) is 0. The summed E-state index contributed by atoms with van der Waals surface area (Å²) in [5.74, 6) is 0.702. The molecule has 0 unspecified atom stereocenters. The third-order valence-corrected chi connectivity index (χ3v) is 3.54. The number of aromatic nitrogens is 6. The van der Waals surface area contributed by atoms with Crippen LogP contribution in [0.15, 0.2) is 59.7 Å². The molecule has 0 atom stereocenters. The second-order valence-corrected chi connectivity index (χ2v) is 5.20. The molecule has 0 amide bonds. The third-order valence-electron chi connectivity index (χ3n) is 3.54. The second kappa shape index (κ2) is 6.06. The van der Waals surface area contributed by atoms with Crippen molar-refractivity contribution in [3.05, 3.63) is 60.8 Å². The molecule has 0 fully saturated rings. The summed E-state index contributed by atoms with van der Waals surface area (Å²) in [7, 11) is 0. The first-order valence-electron chi connectivity index (χ1n) is 7.34. The number of benzene rings is 1. The predicted molar refractivity (Wildman–Crippen MR) is 82.9 cm³/mol. The molecule has 0 bridgehead atoms. The van der Waals surface area contributed by atoms with Crippen LogP contribution in [-0.4, -0.2) is 29.9 Å². The lowest BCUT2D eigenvalue weighted by Crippen LogP contribution is -2.03. The van der Waals surface area contributed by atoms with Crippen molar-refractivity contribution in [2.24, 2.45) is 0 Å². The van der Waals surface area contributed by atoms with Crippen LogP contribution in [0.1, 0.15) is 5.56 Å². The molecule has 10 heteroatoms. The number of halogens is 3. The Morgan fingerprint density at radius 1 is 0.962 bits per heavy atom. The SMILES string of the molecule is FC(F)(F)c1ccc(-c2nnc(-c3cccnc3-n3cncn3)o2)cc1. The van der Waals surface area contributed by atoms with Crippen molar-refractivity contribution in [2.75, 3.05) is 0 Å². The summed E-state index contributed by atoms with van der Waals surface area (Å²) in [6, 6.07) is 7.89. The number of nitrogens with zero attached hydrogens (tertiary/aromatic N) is 6. The Labute approximate surface area is 144 Å². The van der Waals surface area contributed by atoms with E-state index in [9.17, 15) is 13.2 Å². The van der Waals surface area contributed by atoms with E-state index in [4.69, 9.17) is 4.42 Å². The number of pyridine rings is 1. The lowest BCUT2D eigenvalue weighted by atomic mass is 10.1. The van der Waals surface area contributed by atoms with E-state index >= 15 is 0 Å². The van der Waals surface area contributed by atoms with Crippen molar-refractivity contribution in [2.45, 2.75) is 6.18 Å². The molecule has 4 aromatic rings.